The van der Waals surface area contributed by atoms with Gasteiger partial charge in [0.05, 0.1) is 5.60 Å². The molecule has 3 heteroatoms. The van der Waals surface area contributed by atoms with Gasteiger partial charge in [-0.1, -0.05) is 26.7 Å². The van der Waals surface area contributed by atoms with E-state index in [-0.39, 0.29) is 5.78 Å². The lowest BCUT2D eigenvalue weighted by molar-refractivity contribution is -0.118. The molecule has 106 valence electrons. The Morgan fingerprint density at radius 1 is 1.28 bits per heavy atom. The first-order chi connectivity index (χ1) is 8.50. The first-order valence-corrected chi connectivity index (χ1v) is 7.46. The average molecular weight is 255 g/mol. The topological polar surface area (TPSA) is 40.5 Å². The molecule has 0 saturated carbocycles. The number of hydrogen-bond acceptors (Lipinski definition) is 3. The van der Waals surface area contributed by atoms with Crippen molar-refractivity contribution in [3.63, 3.8) is 0 Å². The zero-order valence-corrected chi connectivity index (χ0v) is 12.2. The summed E-state index contributed by atoms with van der Waals surface area (Å²) in [6, 6.07) is 0.342. The summed E-state index contributed by atoms with van der Waals surface area (Å²) in [5.74, 6) is 0.267. The van der Waals surface area contributed by atoms with Gasteiger partial charge in [0.1, 0.15) is 5.78 Å². The Balaban J connectivity index is 2.69. The number of carbonyl (C=O) groups is 1. The quantitative estimate of drug-likeness (QED) is 0.793. The molecule has 1 atom stereocenters. The number of ketones is 1. The molecular weight excluding hydrogens is 226 g/mol. The van der Waals surface area contributed by atoms with Gasteiger partial charge in [-0.2, -0.15) is 0 Å². The lowest BCUT2D eigenvalue weighted by atomic mass is 9.95. The second-order valence-corrected chi connectivity index (χ2v) is 5.81. The Labute approximate surface area is 112 Å². The van der Waals surface area contributed by atoms with Crippen molar-refractivity contribution in [1.82, 2.24) is 4.90 Å². The van der Waals surface area contributed by atoms with Crippen molar-refractivity contribution >= 4 is 5.78 Å². The average Bonchev–Trinajstić information content (AvgIpc) is 2.54. The fourth-order valence-electron chi connectivity index (χ4n) is 2.86. The van der Waals surface area contributed by atoms with Crippen molar-refractivity contribution in [3.8, 4) is 0 Å². The molecule has 1 fully saturated rings. The Hall–Kier alpha value is -0.410. The molecule has 1 aliphatic heterocycles. The monoisotopic (exact) mass is 255 g/mol. The lowest BCUT2D eigenvalue weighted by Crippen LogP contribution is -2.47. The number of rotatable bonds is 6. The smallest absolute Gasteiger partial charge is 0.131 e. The van der Waals surface area contributed by atoms with E-state index in [0.29, 0.717) is 12.5 Å². The third-order valence-corrected chi connectivity index (χ3v) is 4.34. The fraction of sp³-hybridized carbons (Fsp3) is 0.933. The van der Waals surface area contributed by atoms with Crippen LogP contribution in [0.2, 0.25) is 0 Å². The van der Waals surface area contributed by atoms with E-state index < -0.39 is 5.60 Å². The molecule has 1 N–H and O–H groups in total. The first-order valence-electron chi connectivity index (χ1n) is 7.46. The minimum Gasteiger partial charge on any atom is -0.389 e. The highest BCUT2D eigenvalue weighted by Crippen LogP contribution is 2.24. The first kappa shape index (κ1) is 15.6. The van der Waals surface area contributed by atoms with Crippen molar-refractivity contribution in [2.45, 2.75) is 77.4 Å². The molecule has 18 heavy (non-hydrogen) atoms. The Bertz CT molecular complexity index is 261. The summed E-state index contributed by atoms with van der Waals surface area (Å²) < 4.78 is 0. The van der Waals surface area contributed by atoms with Gasteiger partial charge in [0.2, 0.25) is 0 Å². The van der Waals surface area contributed by atoms with Crippen LogP contribution in [-0.2, 0) is 4.79 Å². The molecule has 0 aromatic carbocycles. The predicted molar refractivity (Wildman–Crippen MR) is 74.7 cm³/mol. The number of Topliss-reactive ketones (excluding diaryl/α,β-unsaturated/α-hetero) is 1. The molecule has 0 amide bonds. The molecule has 1 rings (SSSR count). The molecule has 0 aliphatic carbocycles. The molecule has 1 heterocycles. The lowest BCUT2D eigenvalue weighted by Gasteiger charge is -2.36. The van der Waals surface area contributed by atoms with E-state index >= 15 is 0 Å². The van der Waals surface area contributed by atoms with Gasteiger partial charge in [-0.3, -0.25) is 9.69 Å². The van der Waals surface area contributed by atoms with E-state index in [1.807, 2.05) is 13.8 Å². The molecule has 1 unspecified atom stereocenters. The molecule has 0 radical (unpaired) electrons. The van der Waals surface area contributed by atoms with E-state index in [1.54, 1.807) is 6.92 Å². The van der Waals surface area contributed by atoms with Crippen LogP contribution in [0.25, 0.3) is 0 Å². The minimum atomic E-state index is -0.584. The van der Waals surface area contributed by atoms with Crippen molar-refractivity contribution in [3.05, 3.63) is 0 Å². The summed E-state index contributed by atoms with van der Waals surface area (Å²) >= 11 is 0. The van der Waals surface area contributed by atoms with E-state index in [4.69, 9.17) is 0 Å². The van der Waals surface area contributed by atoms with E-state index in [2.05, 4.69) is 4.90 Å². The van der Waals surface area contributed by atoms with Crippen LogP contribution in [0, 0.1) is 0 Å². The van der Waals surface area contributed by atoms with Gasteiger partial charge in [0.15, 0.2) is 0 Å². The van der Waals surface area contributed by atoms with Gasteiger partial charge in [0, 0.05) is 19.0 Å². The maximum absolute atomic E-state index is 11.4. The van der Waals surface area contributed by atoms with Crippen LogP contribution in [0.5, 0.6) is 0 Å². The fourth-order valence-corrected chi connectivity index (χ4v) is 2.86. The summed E-state index contributed by atoms with van der Waals surface area (Å²) in [5, 5.41) is 10.5. The number of likely N-dealkylation sites (tertiary alicyclic amines) is 1. The number of hydrogen-bond donors (Lipinski definition) is 1. The Kier molecular flexibility index (Phi) is 6.30. The number of aliphatic hydroxyl groups is 1. The number of nitrogens with zero attached hydrogens (tertiary/aromatic N) is 1. The molecule has 0 spiro atoms. The molecule has 1 saturated heterocycles. The second-order valence-electron chi connectivity index (χ2n) is 5.81. The maximum atomic E-state index is 11.4. The third-order valence-electron chi connectivity index (χ3n) is 4.34. The van der Waals surface area contributed by atoms with Crippen LogP contribution in [0.3, 0.4) is 0 Å². The molecule has 0 bridgehead atoms. The molecule has 3 nitrogen and oxygen atoms in total. The minimum absolute atomic E-state index is 0.267. The zero-order valence-electron chi connectivity index (χ0n) is 12.2. The summed E-state index contributed by atoms with van der Waals surface area (Å²) in [5.41, 5.74) is -0.584. The summed E-state index contributed by atoms with van der Waals surface area (Å²) in [6.45, 7) is 7.51. The van der Waals surface area contributed by atoms with Crippen molar-refractivity contribution in [2.24, 2.45) is 0 Å². The van der Waals surface area contributed by atoms with Gasteiger partial charge in [-0.05, 0) is 39.2 Å². The Morgan fingerprint density at radius 2 is 1.94 bits per heavy atom. The molecular formula is C15H29NO2. The van der Waals surface area contributed by atoms with Crippen molar-refractivity contribution in [1.29, 1.82) is 0 Å². The van der Waals surface area contributed by atoms with Gasteiger partial charge in [0.25, 0.3) is 0 Å². The van der Waals surface area contributed by atoms with Crippen molar-refractivity contribution in [2.75, 3.05) is 13.1 Å². The standard InChI is InChI=1S/C15H29NO2/c1-4-15(18,5-2)12-16-10-8-6-7-9-14(16)11-13(3)17/h14,18H,4-12H2,1-3H3. The molecule has 1 aliphatic rings. The highest BCUT2D eigenvalue weighted by molar-refractivity contribution is 5.76. The summed E-state index contributed by atoms with van der Waals surface area (Å²) in [4.78, 5) is 13.7. The number of carbonyl (C=O) groups excluding carboxylic acids is 1. The van der Waals surface area contributed by atoms with E-state index in [1.165, 1.54) is 19.3 Å². The third kappa shape index (κ3) is 4.69. The van der Waals surface area contributed by atoms with Crippen LogP contribution in [0.1, 0.15) is 65.7 Å². The summed E-state index contributed by atoms with van der Waals surface area (Å²) in [7, 11) is 0. The van der Waals surface area contributed by atoms with Crippen molar-refractivity contribution < 1.29 is 9.90 Å². The van der Waals surface area contributed by atoms with Crippen LogP contribution >= 0.6 is 0 Å². The predicted octanol–water partition coefficient (Wildman–Crippen LogP) is 2.76. The van der Waals surface area contributed by atoms with E-state index in [0.717, 1.165) is 32.4 Å². The van der Waals surface area contributed by atoms with Crippen LogP contribution in [-0.4, -0.2) is 40.5 Å². The highest BCUT2D eigenvalue weighted by Gasteiger charge is 2.30. The normalized spacial score (nSPS) is 22.8. The van der Waals surface area contributed by atoms with Gasteiger partial charge >= 0.3 is 0 Å². The number of β-amino-alcohol motifs (C(OH)–C–C–N with tert-alkyl or cyclic N) is 1. The Morgan fingerprint density at radius 3 is 2.50 bits per heavy atom. The van der Waals surface area contributed by atoms with Crippen LogP contribution in [0.4, 0.5) is 0 Å². The SMILES string of the molecule is CCC(O)(CC)CN1CCCCCC1CC(C)=O. The van der Waals surface area contributed by atoms with Gasteiger partial charge < -0.3 is 5.11 Å². The zero-order chi connectivity index (χ0) is 13.6. The van der Waals surface area contributed by atoms with Crippen LogP contribution < -0.4 is 0 Å². The van der Waals surface area contributed by atoms with Crippen LogP contribution in [0.15, 0.2) is 0 Å². The van der Waals surface area contributed by atoms with E-state index in [9.17, 15) is 9.90 Å². The van der Waals surface area contributed by atoms with Gasteiger partial charge in [-0.15, -0.1) is 0 Å². The van der Waals surface area contributed by atoms with Gasteiger partial charge in [-0.25, -0.2) is 0 Å². The maximum Gasteiger partial charge on any atom is 0.131 e. The largest absolute Gasteiger partial charge is 0.389 e. The highest BCUT2D eigenvalue weighted by atomic mass is 16.3. The molecule has 0 aromatic heterocycles. The second kappa shape index (κ2) is 7.25. The molecule has 0 aromatic rings. The summed E-state index contributed by atoms with van der Waals surface area (Å²) in [6.07, 6.45) is 6.97.